The lowest BCUT2D eigenvalue weighted by Gasteiger charge is -2.31. The van der Waals surface area contributed by atoms with Crippen molar-refractivity contribution in [2.75, 3.05) is 6.54 Å². The van der Waals surface area contributed by atoms with E-state index in [0.717, 1.165) is 25.2 Å². The summed E-state index contributed by atoms with van der Waals surface area (Å²) in [5.74, 6) is 0.403. The topological polar surface area (TPSA) is 8.17 Å². The zero-order chi connectivity index (χ0) is 16.8. The number of halogens is 1. The SMILES string of the molecule is C=CCN(Cc1cccn1Cc1ccc(F)cc1)C(C)C(C)C. The molecule has 0 N–H and O–H groups in total. The number of hydrogen-bond acceptors (Lipinski definition) is 1. The average molecular weight is 314 g/mol. The summed E-state index contributed by atoms with van der Waals surface area (Å²) in [6.07, 6.45) is 4.05. The lowest BCUT2D eigenvalue weighted by atomic mass is 10.0. The normalized spacial score (nSPS) is 12.8. The van der Waals surface area contributed by atoms with Crippen LogP contribution in [0.15, 0.2) is 55.3 Å². The minimum absolute atomic E-state index is 0.190. The second-order valence-corrected chi connectivity index (χ2v) is 6.46. The molecule has 124 valence electrons. The maximum absolute atomic E-state index is 13.0. The summed E-state index contributed by atoms with van der Waals surface area (Å²) in [7, 11) is 0. The number of benzene rings is 1. The second kappa shape index (κ2) is 8.11. The van der Waals surface area contributed by atoms with Crippen LogP contribution in [0.1, 0.15) is 32.0 Å². The Bertz CT molecular complexity index is 613. The van der Waals surface area contributed by atoms with Gasteiger partial charge in [0, 0.05) is 37.6 Å². The van der Waals surface area contributed by atoms with Gasteiger partial charge in [-0.2, -0.15) is 0 Å². The fourth-order valence-corrected chi connectivity index (χ4v) is 2.70. The molecule has 0 amide bonds. The fourth-order valence-electron chi connectivity index (χ4n) is 2.70. The Hall–Kier alpha value is -1.87. The van der Waals surface area contributed by atoms with Gasteiger partial charge in [0.2, 0.25) is 0 Å². The molecule has 0 saturated heterocycles. The number of aromatic nitrogens is 1. The van der Waals surface area contributed by atoms with Gasteiger partial charge in [0.25, 0.3) is 0 Å². The molecule has 2 aromatic rings. The molecule has 1 heterocycles. The van der Waals surface area contributed by atoms with Crippen molar-refractivity contribution in [1.82, 2.24) is 9.47 Å². The van der Waals surface area contributed by atoms with E-state index in [4.69, 9.17) is 0 Å². The first-order valence-corrected chi connectivity index (χ1v) is 8.24. The smallest absolute Gasteiger partial charge is 0.123 e. The van der Waals surface area contributed by atoms with Crippen molar-refractivity contribution in [1.29, 1.82) is 0 Å². The molecular formula is C20H27FN2. The van der Waals surface area contributed by atoms with Gasteiger partial charge < -0.3 is 4.57 Å². The summed E-state index contributed by atoms with van der Waals surface area (Å²) in [5.41, 5.74) is 2.37. The lowest BCUT2D eigenvalue weighted by molar-refractivity contribution is 0.174. The molecule has 0 bridgehead atoms. The number of nitrogens with zero attached hydrogens (tertiary/aromatic N) is 2. The third-order valence-electron chi connectivity index (χ3n) is 4.46. The van der Waals surface area contributed by atoms with Crippen molar-refractivity contribution in [3.63, 3.8) is 0 Å². The standard InChI is InChI=1S/C20H27FN2/c1-5-12-22(17(4)16(2)3)15-20-7-6-13-23(20)14-18-8-10-19(21)11-9-18/h5-11,13,16-17H,1,12,14-15H2,2-4H3. The molecule has 3 heteroatoms. The zero-order valence-electron chi connectivity index (χ0n) is 14.4. The molecule has 1 aromatic heterocycles. The van der Waals surface area contributed by atoms with Crippen LogP contribution in [-0.4, -0.2) is 22.1 Å². The number of rotatable bonds is 8. The molecular weight excluding hydrogens is 287 g/mol. The van der Waals surface area contributed by atoms with Crippen LogP contribution in [0, 0.1) is 11.7 Å². The summed E-state index contributed by atoms with van der Waals surface area (Å²) in [6, 6.07) is 11.4. The summed E-state index contributed by atoms with van der Waals surface area (Å²) in [6.45, 7) is 13.2. The van der Waals surface area contributed by atoms with Gasteiger partial charge in [-0.3, -0.25) is 4.90 Å². The third kappa shape index (κ3) is 4.80. The molecule has 0 aliphatic rings. The third-order valence-corrected chi connectivity index (χ3v) is 4.46. The van der Waals surface area contributed by atoms with Crippen LogP contribution in [0.5, 0.6) is 0 Å². The predicted octanol–water partition coefficient (Wildman–Crippen LogP) is 4.71. The first-order chi connectivity index (χ1) is 11.0. The maximum atomic E-state index is 13.0. The molecule has 0 aliphatic carbocycles. The highest BCUT2D eigenvalue weighted by Crippen LogP contribution is 2.16. The van der Waals surface area contributed by atoms with Crippen molar-refractivity contribution in [3.8, 4) is 0 Å². The van der Waals surface area contributed by atoms with Crippen molar-refractivity contribution in [3.05, 3.63) is 72.3 Å². The van der Waals surface area contributed by atoms with E-state index in [1.54, 1.807) is 0 Å². The zero-order valence-corrected chi connectivity index (χ0v) is 14.4. The molecule has 0 fully saturated rings. The van der Waals surface area contributed by atoms with E-state index in [1.807, 2.05) is 18.2 Å². The van der Waals surface area contributed by atoms with Gasteiger partial charge in [-0.25, -0.2) is 4.39 Å². The first kappa shape index (κ1) is 17.5. The van der Waals surface area contributed by atoms with Crippen LogP contribution in [-0.2, 0) is 13.1 Å². The van der Waals surface area contributed by atoms with Gasteiger partial charge in [-0.05, 0) is 42.7 Å². The van der Waals surface area contributed by atoms with E-state index in [2.05, 4.69) is 55.1 Å². The number of hydrogen-bond donors (Lipinski definition) is 0. The molecule has 1 unspecified atom stereocenters. The van der Waals surface area contributed by atoms with Gasteiger partial charge in [0.15, 0.2) is 0 Å². The van der Waals surface area contributed by atoms with E-state index in [9.17, 15) is 4.39 Å². The Labute approximate surface area is 139 Å². The Morgan fingerprint density at radius 3 is 2.48 bits per heavy atom. The van der Waals surface area contributed by atoms with E-state index in [1.165, 1.54) is 17.8 Å². The predicted molar refractivity (Wildman–Crippen MR) is 94.8 cm³/mol. The lowest BCUT2D eigenvalue weighted by Crippen LogP contribution is -2.36. The molecule has 1 aromatic carbocycles. The minimum Gasteiger partial charge on any atom is -0.346 e. The Morgan fingerprint density at radius 1 is 1.17 bits per heavy atom. The van der Waals surface area contributed by atoms with Crippen molar-refractivity contribution >= 4 is 0 Å². The molecule has 0 aliphatic heterocycles. The van der Waals surface area contributed by atoms with Gasteiger partial charge in [0.05, 0.1) is 0 Å². The highest BCUT2D eigenvalue weighted by molar-refractivity contribution is 5.18. The highest BCUT2D eigenvalue weighted by atomic mass is 19.1. The Morgan fingerprint density at radius 2 is 1.87 bits per heavy atom. The van der Waals surface area contributed by atoms with Crippen molar-refractivity contribution < 1.29 is 4.39 Å². The second-order valence-electron chi connectivity index (χ2n) is 6.46. The Kier molecular flexibility index (Phi) is 6.17. The van der Waals surface area contributed by atoms with Crippen LogP contribution >= 0.6 is 0 Å². The van der Waals surface area contributed by atoms with E-state index in [-0.39, 0.29) is 5.82 Å². The Balaban J connectivity index is 2.12. The molecule has 2 nitrogen and oxygen atoms in total. The summed E-state index contributed by atoms with van der Waals surface area (Å²) >= 11 is 0. The quantitative estimate of drug-likeness (QED) is 0.641. The van der Waals surface area contributed by atoms with Gasteiger partial charge >= 0.3 is 0 Å². The summed E-state index contributed by atoms with van der Waals surface area (Å²) < 4.78 is 15.3. The molecule has 23 heavy (non-hydrogen) atoms. The van der Waals surface area contributed by atoms with Crippen LogP contribution in [0.4, 0.5) is 4.39 Å². The minimum atomic E-state index is -0.190. The van der Waals surface area contributed by atoms with E-state index in [0.29, 0.717) is 12.0 Å². The van der Waals surface area contributed by atoms with E-state index < -0.39 is 0 Å². The van der Waals surface area contributed by atoms with E-state index >= 15 is 0 Å². The van der Waals surface area contributed by atoms with Gasteiger partial charge in [-0.15, -0.1) is 6.58 Å². The molecule has 0 saturated carbocycles. The summed E-state index contributed by atoms with van der Waals surface area (Å²) in [5, 5.41) is 0. The molecule has 0 spiro atoms. The van der Waals surface area contributed by atoms with Crippen molar-refractivity contribution in [2.45, 2.75) is 39.9 Å². The highest BCUT2D eigenvalue weighted by Gasteiger charge is 2.17. The summed E-state index contributed by atoms with van der Waals surface area (Å²) in [4.78, 5) is 2.44. The van der Waals surface area contributed by atoms with Crippen LogP contribution in [0.2, 0.25) is 0 Å². The largest absolute Gasteiger partial charge is 0.346 e. The van der Waals surface area contributed by atoms with Gasteiger partial charge in [-0.1, -0.05) is 32.1 Å². The first-order valence-electron chi connectivity index (χ1n) is 8.24. The molecule has 0 radical (unpaired) electrons. The van der Waals surface area contributed by atoms with Crippen LogP contribution in [0.3, 0.4) is 0 Å². The fraction of sp³-hybridized carbons (Fsp3) is 0.400. The van der Waals surface area contributed by atoms with Crippen LogP contribution in [0.25, 0.3) is 0 Å². The average Bonchev–Trinajstić information content (AvgIpc) is 2.95. The maximum Gasteiger partial charge on any atom is 0.123 e. The van der Waals surface area contributed by atoms with Crippen molar-refractivity contribution in [2.24, 2.45) is 5.92 Å². The van der Waals surface area contributed by atoms with Gasteiger partial charge in [0.1, 0.15) is 5.82 Å². The molecule has 1 atom stereocenters. The van der Waals surface area contributed by atoms with Crippen LogP contribution < -0.4 is 0 Å². The monoisotopic (exact) mass is 314 g/mol. The molecule has 2 rings (SSSR count).